The van der Waals surface area contributed by atoms with Gasteiger partial charge in [0, 0.05) is 58.1 Å². The Morgan fingerprint density at radius 1 is 1.14 bits per heavy atom. The fraction of sp³-hybridized carbons (Fsp3) is 0.400. The van der Waals surface area contributed by atoms with Crippen LogP contribution in [0, 0.1) is 6.92 Å². The van der Waals surface area contributed by atoms with Gasteiger partial charge in [0.05, 0.1) is 0 Å². The van der Waals surface area contributed by atoms with Crippen LogP contribution in [0.1, 0.15) is 12.1 Å². The molecule has 0 saturated carbocycles. The summed E-state index contributed by atoms with van der Waals surface area (Å²) in [7, 11) is 1.77. The number of piperazine rings is 1. The van der Waals surface area contributed by atoms with Crippen molar-refractivity contribution in [2.45, 2.75) is 13.3 Å². The fourth-order valence-corrected chi connectivity index (χ4v) is 3.13. The average Bonchev–Trinajstić information content (AvgIpc) is 2.72. The van der Waals surface area contributed by atoms with Gasteiger partial charge < -0.3 is 20.4 Å². The summed E-state index contributed by atoms with van der Waals surface area (Å²) in [6.07, 6.45) is 2.17. The number of aromatic nitrogens is 2. The van der Waals surface area contributed by atoms with Crippen molar-refractivity contribution in [3.05, 3.63) is 48.3 Å². The number of aliphatic imine (C=N–C) groups is 1. The van der Waals surface area contributed by atoms with Crippen molar-refractivity contribution in [1.82, 2.24) is 20.2 Å². The average molecular weight is 509 g/mol. The molecule has 3 rings (SSSR count). The van der Waals surface area contributed by atoms with Crippen molar-refractivity contribution in [3.63, 3.8) is 0 Å². The lowest BCUT2D eigenvalue weighted by Gasteiger charge is -2.37. The number of nitrogens with zero attached hydrogens (tertiary/aromatic N) is 5. The normalized spacial score (nSPS) is 14.2. The minimum atomic E-state index is -0.0685. The zero-order valence-electron chi connectivity index (χ0n) is 16.8. The van der Waals surface area contributed by atoms with Crippen LogP contribution in [0.3, 0.4) is 0 Å². The molecule has 1 aliphatic rings. The molecule has 1 fully saturated rings. The smallest absolute Gasteiger partial charge is 0.227 e. The van der Waals surface area contributed by atoms with Crippen LogP contribution in [0.15, 0.2) is 47.6 Å². The standard InChI is InChI=1S/C20H27N7O.HI/c1-16-6-5-7-17(24-16)25-19(28)9-11-23-20(21-2)27-14-12-26(13-15-27)18-8-3-4-10-22-18;/h3-8,10H,9,11-15H2,1-2H3,(H,21,23)(H,24,25,28);1H. The van der Waals surface area contributed by atoms with Crippen molar-refractivity contribution < 1.29 is 4.79 Å². The number of amides is 1. The first-order chi connectivity index (χ1) is 13.7. The fourth-order valence-electron chi connectivity index (χ4n) is 3.13. The number of guanidine groups is 1. The molecule has 0 spiro atoms. The van der Waals surface area contributed by atoms with E-state index in [0.29, 0.717) is 18.8 Å². The molecular weight excluding hydrogens is 481 g/mol. The third-order valence-corrected chi connectivity index (χ3v) is 4.56. The number of rotatable bonds is 5. The zero-order chi connectivity index (χ0) is 19.8. The first kappa shape index (κ1) is 22.9. The lowest BCUT2D eigenvalue weighted by molar-refractivity contribution is -0.116. The molecule has 29 heavy (non-hydrogen) atoms. The molecular formula is C20H28IN7O. The van der Waals surface area contributed by atoms with E-state index in [9.17, 15) is 4.79 Å². The second-order valence-corrected chi connectivity index (χ2v) is 6.60. The van der Waals surface area contributed by atoms with Crippen LogP contribution in [0.5, 0.6) is 0 Å². The van der Waals surface area contributed by atoms with E-state index in [1.807, 2.05) is 43.5 Å². The van der Waals surface area contributed by atoms with E-state index in [2.05, 4.69) is 35.4 Å². The monoisotopic (exact) mass is 509 g/mol. The number of carbonyl (C=O) groups is 1. The minimum absolute atomic E-state index is 0. The lowest BCUT2D eigenvalue weighted by atomic mass is 10.3. The molecule has 156 valence electrons. The third kappa shape index (κ3) is 6.84. The number of hydrogen-bond donors (Lipinski definition) is 2. The molecule has 0 aromatic carbocycles. The van der Waals surface area contributed by atoms with E-state index in [4.69, 9.17) is 0 Å². The van der Waals surface area contributed by atoms with Gasteiger partial charge in [-0.05, 0) is 31.2 Å². The molecule has 0 unspecified atom stereocenters. The number of aryl methyl sites for hydroxylation is 1. The molecule has 0 aliphatic carbocycles. The zero-order valence-corrected chi connectivity index (χ0v) is 19.2. The quantitative estimate of drug-likeness (QED) is 0.365. The van der Waals surface area contributed by atoms with Gasteiger partial charge in [-0.3, -0.25) is 9.79 Å². The second-order valence-electron chi connectivity index (χ2n) is 6.60. The van der Waals surface area contributed by atoms with Gasteiger partial charge in [-0.1, -0.05) is 12.1 Å². The number of halogens is 1. The highest BCUT2D eigenvalue weighted by atomic mass is 127. The maximum atomic E-state index is 12.1. The molecule has 9 heteroatoms. The topological polar surface area (TPSA) is 85.7 Å². The molecule has 1 amide bonds. The minimum Gasteiger partial charge on any atom is -0.356 e. The summed E-state index contributed by atoms with van der Waals surface area (Å²) in [6, 6.07) is 11.5. The van der Waals surface area contributed by atoms with Crippen molar-refractivity contribution >= 4 is 47.5 Å². The van der Waals surface area contributed by atoms with Gasteiger partial charge in [0.15, 0.2) is 5.96 Å². The Labute approximate surface area is 188 Å². The molecule has 3 heterocycles. The van der Waals surface area contributed by atoms with E-state index in [1.165, 1.54) is 0 Å². The highest BCUT2D eigenvalue weighted by molar-refractivity contribution is 14.0. The Hall–Kier alpha value is -2.43. The van der Waals surface area contributed by atoms with Crippen LogP contribution in [0.25, 0.3) is 0 Å². The SMILES string of the molecule is CN=C(NCCC(=O)Nc1cccc(C)n1)N1CCN(c2ccccn2)CC1.I. The van der Waals surface area contributed by atoms with Crippen molar-refractivity contribution in [1.29, 1.82) is 0 Å². The molecule has 0 bridgehead atoms. The molecule has 2 aromatic heterocycles. The second kappa shape index (κ2) is 11.5. The summed E-state index contributed by atoms with van der Waals surface area (Å²) in [5, 5.41) is 6.10. The van der Waals surface area contributed by atoms with E-state index in [-0.39, 0.29) is 29.9 Å². The van der Waals surface area contributed by atoms with Gasteiger partial charge in [0.1, 0.15) is 11.6 Å². The number of hydrogen-bond acceptors (Lipinski definition) is 5. The van der Waals surface area contributed by atoms with Crippen LogP contribution in [-0.2, 0) is 4.79 Å². The van der Waals surface area contributed by atoms with E-state index < -0.39 is 0 Å². The Kier molecular flexibility index (Phi) is 9.10. The summed E-state index contributed by atoms with van der Waals surface area (Å²) < 4.78 is 0. The van der Waals surface area contributed by atoms with E-state index in [1.54, 1.807) is 13.1 Å². The van der Waals surface area contributed by atoms with Crippen molar-refractivity contribution in [2.75, 3.05) is 50.0 Å². The maximum absolute atomic E-state index is 12.1. The van der Waals surface area contributed by atoms with Gasteiger partial charge in [0.25, 0.3) is 0 Å². The lowest BCUT2D eigenvalue weighted by Crippen LogP contribution is -2.53. The van der Waals surface area contributed by atoms with Gasteiger partial charge in [-0.2, -0.15) is 0 Å². The van der Waals surface area contributed by atoms with Gasteiger partial charge in [-0.15, -0.1) is 24.0 Å². The summed E-state index contributed by atoms with van der Waals surface area (Å²) in [6.45, 7) is 5.90. The van der Waals surface area contributed by atoms with Crippen LogP contribution in [-0.4, -0.2) is 66.5 Å². The van der Waals surface area contributed by atoms with Gasteiger partial charge in [-0.25, -0.2) is 9.97 Å². The molecule has 1 saturated heterocycles. The Morgan fingerprint density at radius 3 is 2.59 bits per heavy atom. The van der Waals surface area contributed by atoms with Crippen LogP contribution >= 0.6 is 24.0 Å². The summed E-state index contributed by atoms with van der Waals surface area (Å²) >= 11 is 0. The Bertz CT molecular complexity index is 807. The van der Waals surface area contributed by atoms with Crippen LogP contribution in [0.2, 0.25) is 0 Å². The first-order valence-corrected chi connectivity index (χ1v) is 9.51. The Morgan fingerprint density at radius 2 is 1.93 bits per heavy atom. The highest BCUT2D eigenvalue weighted by Gasteiger charge is 2.20. The third-order valence-electron chi connectivity index (χ3n) is 4.56. The van der Waals surface area contributed by atoms with Crippen LogP contribution < -0.4 is 15.5 Å². The van der Waals surface area contributed by atoms with E-state index in [0.717, 1.165) is 43.7 Å². The first-order valence-electron chi connectivity index (χ1n) is 9.51. The predicted molar refractivity (Wildman–Crippen MR) is 127 cm³/mol. The highest BCUT2D eigenvalue weighted by Crippen LogP contribution is 2.12. The van der Waals surface area contributed by atoms with Crippen molar-refractivity contribution in [2.24, 2.45) is 4.99 Å². The van der Waals surface area contributed by atoms with Crippen molar-refractivity contribution in [3.8, 4) is 0 Å². The van der Waals surface area contributed by atoms with Gasteiger partial charge in [0.2, 0.25) is 5.91 Å². The molecule has 0 radical (unpaired) electrons. The van der Waals surface area contributed by atoms with E-state index >= 15 is 0 Å². The predicted octanol–water partition coefficient (Wildman–Crippen LogP) is 2.13. The maximum Gasteiger partial charge on any atom is 0.227 e. The summed E-state index contributed by atoms with van der Waals surface area (Å²) in [4.78, 5) is 29.6. The molecule has 1 aliphatic heterocycles. The number of carbonyl (C=O) groups excluding carboxylic acids is 1. The molecule has 8 nitrogen and oxygen atoms in total. The molecule has 0 atom stereocenters. The largest absolute Gasteiger partial charge is 0.356 e. The number of anilines is 2. The summed E-state index contributed by atoms with van der Waals surface area (Å²) in [5.41, 5.74) is 0.876. The van der Waals surface area contributed by atoms with Crippen LogP contribution in [0.4, 0.5) is 11.6 Å². The number of nitrogens with one attached hydrogen (secondary N) is 2. The summed E-state index contributed by atoms with van der Waals surface area (Å²) in [5.74, 6) is 2.34. The Balaban J connectivity index is 0.00000300. The molecule has 2 aromatic rings. The van der Waals surface area contributed by atoms with Gasteiger partial charge >= 0.3 is 0 Å². The number of pyridine rings is 2. The molecule has 2 N–H and O–H groups in total.